The second-order valence-corrected chi connectivity index (χ2v) is 5.64. The fraction of sp³-hybridized carbons (Fsp3) is 0.583. The maximum Gasteiger partial charge on any atom is 0.315 e. The second-order valence-electron chi connectivity index (χ2n) is 4.71. The maximum absolute atomic E-state index is 11.8. The van der Waals surface area contributed by atoms with Crippen molar-refractivity contribution in [3.63, 3.8) is 0 Å². The molecule has 1 fully saturated rings. The van der Waals surface area contributed by atoms with Gasteiger partial charge < -0.3 is 20.5 Å². The lowest BCUT2D eigenvalue weighted by Gasteiger charge is -2.17. The van der Waals surface area contributed by atoms with Crippen LogP contribution in [0.2, 0.25) is 0 Å². The lowest BCUT2D eigenvalue weighted by Crippen LogP contribution is -2.47. The first-order chi connectivity index (χ1) is 9.58. The van der Waals surface area contributed by atoms with Gasteiger partial charge in [0, 0.05) is 24.0 Å². The van der Waals surface area contributed by atoms with Crippen molar-refractivity contribution in [2.24, 2.45) is 5.92 Å². The first-order valence-electron chi connectivity index (χ1n) is 6.32. The standard InChI is InChI=1S/C12H17N3O4S/c1-7(10-13-2-3-20-10)4-14-12(18)15-9-6-19-5-8(9)11(16)17/h2-3,7-9H,4-6H2,1H3,(H,16,17)(H2,14,15,18). The monoisotopic (exact) mass is 299 g/mol. The van der Waals surface area contributed by atoms with E-state index in [1.54, 1.807) is 6.20 Å². The fourth-order valence-corrected chi connectivity index (χ4v) is 2.67. The molecule has 0 radical (unpaired) electrons. The minimum Gasteiger partial charge on any atom is -0.481 e. The van der Waals surface area contributed by atoms with Crippen LogP contribution in [-0.2, 0) is 9.53 Å². The molecular formula is C12H17N3O4S. The van der Waals surface area contributed by atoms with Crippen molar-refractivity contribution in [3.05, 3.63) is 16.6 Å². The third-order valence-corrected chi connectivity index (χ3v) is 4.16. The van der Waals surface area contributed by atoms with Crippen molar-refractivity contribution in [1.82, 2.24) is 15.6 Å². The molecule has 7 nitrogen and oxygen atoms in total. The third kappa shape index (κ3) is 3.67. The number of thiazole rings is 1. The normalized spacial score (nSPS) is 23.2. The van der Waals surface area contributed by atoms with Crippen LogP contribution in [0.15, 0.2) is 11.6 Å². The summed E-state index contributed by atoms with van der Waals surface area (Å²) in [6.07, 6.45) is 1.73. The molecule has 1 saturated heterocycles. The number of aromatic nitrogens is 1. The highest BCUT2D eigenvalue weighted by atomic mass is 32.1. The summed E-state index contributed by atoms with van der Waals surface area (Å²) in [6, 6.07) is -0.863. The number of hydrogen-bond donors (Lipinski definition) is 3. The predicted octanol–water partition coefficient (Wildman–Crippen LogP) is 0.645. The van der Waals surface area contributed by atoms with E-state index in [1.807, 2.05) is 12.3 Å². The Balaban J connectivity index is 1.76. The van der Waals surface area contributed by atoms with Crippen molar-refractivity contribution >= 4 is 23.3 Å². The van der Waals surface area contributed by atoms with E-state index in [0.717, 1.165) is 5.01 Å². The lowest BCUT2D eigenvalue weighted by atomic mass is 10.0. The van der Waals surface area contributed by atoms with Gasteiger partial charge >= 0.3 is 12.0 Å². The van der Waals surface area contributed by atoms with Gasteiger partial charge in [-0.3, -0.25) is 4.79 Å². The number of hydrogen-bond acceptors (Lipinski definition) is 5. The molecule has 20 heavy (non-hydrogen) atoms. The molecule has 8 heteroatoms. The molecule has 1 aliphatic rings. The van der Waals surface area contributed by atoms with Crippen LogP contribution in [0.5, 0.6) is 0 Å². The number of carbonyl (C=O) groups is 2. The molecular weight excluding hydrogens is 282 g/mol. The van der Waals surface area contributed by atoms with E-state index < -0.39 is 17.9 Å². The molecule has 0 aliphatic carbocycles. The molecule has 3 N–H and O–H groups in total. The Hall–Kier alpha value is -1.67. The van der Waals surface area contributed by atoms with E-state index in [1.165, 1.54) is 11.3 Å². The minimum atomic E-state index is -0.955. The second kappa shape index (κ2) is 6.67. The highest BCUT2D eigenvalue weighted by Crippen LogP contribution is 2.16. The van der Waals surface area contributed by atoms with Gasteiger partial charge in [-0.05, 0) is 0 Å². The average Bonchev–Trinajstić information content (AvgIpc) is 3.06. The van der Waals surface area contributed by atoms with Gasteiger partial charge in [0.15, 0.2) is 0 Å². The summed E-state index contributed by atoms with van der Waals surface area (Å²) in [5.74, 6) is -1.52. The third-order valence-electron chi connectivity index (χ3n) is 3.16. The van der Waals surface area contributed by atoms with E-state index in [-0.39, 0.29) is 25.2 Å². The summed E-state index contributed by atoms with van der Waals surface area (Å²) >= 11 is 1.54. The Morgan fingerprint density at radius 3 is 3.05 bits per heavy atom. The molecule has 0 bridgehead atoms. The molecule has 2 amide bonds. The molecule has 2 rings (SSSR count). The van der Waals surface area contributed by atoms with Crippen molar-refractivity contribution in [3.8, 4) is 0 Å². The highest BCUT2D eigenvalue weighted by molar-refractivity contribution is 7.09. The molecule has 3 atom stereocenters. The molecule has 110 valence electrons. The van der Waals surface area contributed by atoms with Gasteiger partial charge in [0.05, 0.1) is 24.3 Å². The largest absolute Gasteiger partial charge is 0.481 e. The van der Waals surface area contributed by atoms with E-state index in [9.17, 15) is 9.59 Å². The van der Waals surface area contributed by atoms with Crippen molar-refractivity contribution in [2.45, 2.75) is 18.9 Å². The lowest BCUT2D eigenvalue weighted by molar-refractivity contribution is -0.142. The quantitative estimate of drug-likeness (QED) is 0.741. The first kappa shape index (κ1) is 14.7. The number of carboxylic acid groups (broad SMARTS) is 1. The summed E-state index contributed by atoms with van der Waals surface area (Å²) in [5, 5.41) is 17.2. The van der Waals surface area contributed by atoms with Gasteiger partial charge in [0.25, 0.3) is 0 Å². The number of ether oxygens (including phenoxy) is 1. The maximum atomic E-state index is 11.8. The SMILES string of the molecule is CC(CNC(=O)NC1COCC1C(=O)O)c1nccs1. The zero-order valence-corrected chi connectivity index (χ0v) is 11.9. The summed E-state index contributed by atoms with van der Waals surface area (Å²) in [7, 11) is 0. The molecule has 0 spiro atoms. The number of carbonyl (C=O) groups excluding carboxylic acids is 1. The van der Waals surface area contributed by atoms with Crippen LogP contribution < -0.4 is 10.6 Å². The number of nitrogens with zero attached hydrogens (tertiary/aromatic N) is 1. The Labute approximate surface area is 120 Å². The van der Waals surface area contributed by atoms with Crippen LogP contribution in [0.1, 0.15) is 17.8 Å². The van der Waals surface area contributed by atoms with Gasteiger partial charge in [0.2, 0.25) is 0 Å². The topological polar surface area (TPSA) is 101 Å². The summed E-state index contributed by atoms with van der Waals surface area (Å²) < 4.78 is 5.08. The van der Waals surface area contributed by atoms with Crippen LogP contribution >= 0.6 is 11.3 Å². The van der Waals surface area contributed by atoms with Gasteiger partial charge in [0.1, 0.15) is 5.92 Å². The molecule has 0 saturated carbocycles. The highest BCUT2D eigenvalue weighted by Gasteiger charge is 2.35. The summed E-state index contributed by atoms with van der Waals surface area (Å²) in [5.41, 5.74) is 0. The number of nitrogens with one attached hydrogen (secondary N) is 2. The Bertz CT molecular complexity index is 465. The van der Waals surface area contributed by atoms with Crippen molar-refractivity contribution in [1.29, 1.82) is 0 Å². The van der Waals surface area contributed by atoms with Crippen LogP contribution in [0.4, 0.5) is 4.79 Å². The minimum absolute atomic E-state index is 0.121. The van der Waals surface area contributed by atoms with Crippen LogP contribution in [0.25, 0.3) is 0 Å². The Morgan fingerprint density at radius 2 is 2.40 bits per heavy atom. The summed E-state index contributed by atoms with van der Waals surface area (Å²) in [4.78, 5) is 26.9. The van der Waals surface area contributed by atoms with E-state index >= 15 is 0 Å². The molecule has 0 aromatic carbocycles. The van der Waals surface area contributed by atoms with Crippen LogP contribution in [0.3, 0.4) is 0 Å². The Morgan fingerprint density at radius 1 is 1.60 bits per heavy atom. The fourth-order valence-electron chi connectivity index (χ4n) is 1.97. The molecule has 1 aliphatic heterocycles. The van der Waals surface area contributed by atoms with Gasteiger partial charge in [-0.15, -0.1) is 11.3 Å². The first-order valence-corrected chi connectivity index (χ1v) is 7.20. The van der Waals surface area contributed by atoms with Gasteiger partial charge in [-0.2, -0.15) is 0 Å². The van der Waals surface area contributed by atoms with Gasteiger partial charge in [-0.25, -0.2) is 9.78 Å². The molecule has 1 aromatic rings. The van der Waals surface area contributed by atoms with Crippen LogP contribution in [-0.4, -0.2) is 47.9 Å². The zero-order valence-electron chi connectivity index (χ0n) is 11.0. The Kier molecular flexibility index (Phi) is 4.91. The molecule has 2 heterocycles. The van der Waals surface area contributed by atoms with Crippen LogP contribution in [0, 0.1) is 5.92 Å². The number of aliphatic carboxylic acids is 1. The van der Waals surface area contributed by atoms with Crippen molar-refractivity contribution < 1.29 is 19.4 Å². The molecule has 1 aromatic heterocycles. The number of rotatable bonds is 5. The van der Waals surface area contributed by atoms with E-state index in [4.69, 9.17) is 9.84 Å². The van der Waals surface area contributed by atoms with E-state index in [0.29, 0.717) is 6.54 Å². The molecule has 3 unspecified atom stereocenters. The van der Waals surface area contributed by atoms with Gasteiger partial charge in [-0.1, -0.05) is 6.92 Å². The number of carboxylic acids is 1. The average molecular weight is 299 g/mol. The number of urea groups is 1. The van der Waals surface area contributed by atoms with E-state index in [2.05, 4.69) is 15.6 Å². The zero-order chi connectivity index (χ0) is 14.5. The summed E-state index contributed by atoms with van der Waals surface area (Å²) in [6.45, 7) is 2.78. The smallest absolute Gasteiger partial charge is 0.315 e. The van der Waals surface area contributed by atoms with Crippen molar-refractivity contribution in [2.75, 3.05) is 19.8 Å². The predicted molar refractivity (Wildman–Crippen MR) is 72.8 cm³/mol. The number of amides is 2.